The Labute approximate surface area is 147 Å². The van der Waals surface area contributed by atoms with Gasteiger partial charge in [0.25, 0.3) is 0 Å². The molecule has 0 saturated heterocycles. The summed E-state index contributed by atoms with van der Waals surface area (Å²) in [5.74, 6) is 1.49. The summed E-state index contributed by atoms with van der Waals surface area (Å²) in [5, 5.41) is 14.9. The van der Waals surface area contributed by atoms with E-state index in [1.165, 1.54) is 0 Å². The molecule has 0 aliphatic heterocycles. The molecule has 0 radical (unpaired) electrons. The Morgan fingerprint density at radius 3 is 2.04 bits per heavy atom. The summed E-state index contributed by atoms with van der Waals surface area (Å²) in [4.78, 5) is 0. The topological polar surface area (TPSA) is 118 Å². The molecule has 0 aliphatic rings. The fourth-order valence-electron chi connectivity index (χ4n) is 2.30. The van der Waals surface area contributed by atoms with Crippen molar-refractivity contribution in [2.75, 3.05) is 13.2 Å². The maximum absolute atomic E-state index is 7.53. The van der Waals surface area contributed by atoms with Gasteiger partial charge in [0.2, 0.25) is 0 Å². The maximum atomic E-state index is 7.53. The van der Waals surface area contributed by atoms with E-state index < -0.39 is 0 Å². The van der Waals surface area contributed by atoms with Crippen LogP contribution in [0.5, 0.6) is 11.5 Å². The first-order valence-corrected chi connectivity index (χ1v) is 8.21. The number of nitrogens with one attached hydrogen (secondary N) is 2. The van der Waals surface area contributed by atoms with E-state index in [1.54, 1.807) is 18.2 Å². The highest BCUT2D eigenvalue weighted by Gasteiger charge is 2.05. The van der Waals surface area contributed by atoms with E-state index in [1.807, 2.05) is 30.3 Å². The normalized spacial score (nSPS) is 10.2. The summed E-state index contributed by atoms with van der Waals surface area (Å²) >= 11 is 0. The molecule has 6 N–H and O–H groups in total. The number of nitrogen functional groups attached to an aromatic ring is 2. The van der Waals surface area contributed by atoms with E-state index >= 15 is 0 Å². The molecule has 0 fully saturated rings. The van der Waals surface area contributed by atoms with Gasteiger partial charge in [-0.05, 0) is 55.7 Å². The Kier molecular flexibility index (Phi) is 6.83. The first-order chi connectivity index (χ1) is 12.1. The minimum atomic E-state index is 0.0137. The summed E-state index contributed by atoms with van der Waals surface area (Å²) in [5.41, 5.74) is 12.3. The quantitative estimate of drug-likeness (QED) is 0.302. The molecule has 0 heterocycles. The Balaban J connectivity index is 1.62. The molecule has 25 heavy (non-hydrogen) atoms. The highest BCUT2D eigenvalue weighted by molar-refractivity contribution is 5.97. The molecule has 2 rings (SSSR count). The molecule has 2 aromatic rings. The van der Waals surface area contributed by atoms with Gasteiger partial charge in [0, 0.05) is 5.56 Å². The Morgan fingerprint density at radius 2 is 1.40 bits per heavy atom. The maximum Gasteiger partial charge on any atom is 0.130 e. The summed E-state index contributed by atoms with van der Waals surface area (Å²) in [6, 6.07) is 14.5. The van der Waals surface area contributed by atoms with Crippen molar-refractivity contribution >= 4 is 11.7 Å². The highest BCUT2D eigenvalue weighted by atomic mass is 16.5. The number of unbranched alkanes of at least 4 members (excludes halogenated alkanes) is 2. The van der Waals surface area contributed by atoms with Gasteiger partial charge < -0.3 is 20.9 Å². The number of nitrogens with two attached hydrogens (primary N) is 2. The third-order valence-electron chi connectivity index (χ3n) is 3.66. The van der Waals surface area contributed by atoms with E-state index in [-0.39, 0.29) is 11.7 Å². The zero-order valence-corrected chi connectivity index (χ0v) is 14.1. The van der Waals surface area contributed by atoms with Crippen LogP contribution in [-0.2, 0) is 0 Å². The van der Waals surface area contributed by atoms with Gasteiger partial charge in [0.05, 0.1) is 18.8 Å². The van der Waals surface area contributed by atoms with Crippen LogP contribution in [0.4, 0.5) is 0 Å². The standard InChI is InChI=1S/C19H24N4O2/c20-18(21)14-8-10-15(11-9-14)24-12-4-1-5-13-25-17-7-3-2-6-16(17)19(22)23/h2-3,6-11H,1,4-5,12-13H2,(H3,20,21)(H3,22,23). The van der Waals surface area contributed by atoms with Gasteiger partial charge in [-0.15, -0.1) is 0 Å². The fourth-order valence-corrected chi connectivity index (χ4v) is 2.30. The van der Waals surface area contributed by atoms with Gasteiger partial charge in [-0.3, -0.25) is 10.8 Å². The average molecular weight is 340 g/mol. The van der Waals surface area contributed by atoms with Gasteiger partial charge in [-0.2, -0.15) is 0 Å². The van der Waals surface area contributed by atoms with Crippen LogP contribution in [0.15, 0.2) is 48.5 Å². The number of hydrogen-bond donors (Lipinski definition) is 4. The lowest BCUT2D eigenvalue weighted by atomic mass is 10.2. The van der Waals surface area contributed by atoms with Crippen LogP contribution < -0.4 is 20.9 Å². The summed E-state index contributed by atoms with van der Waals surface area (Å²) < 4.78 is 11.4. The van der Waals surface area contributed by atoms with E-state index in [0.29, 0.717) is 30.1 Å². The van der Waals surface area contributed by atoms with Crippen LogP contribution in [-0.4, -0.2) is 24.9 Å². The largest absolute Gasteiger partial charge is 0.494 e. The van der Waals surface area contributed by atoms with Crippen molar-refractivity contribution in [2.24, 2.45) is 11.5 Å². The summed E-state index contributed by atoms with van der Waals surface area (Å²) in [7, 11) is 0. The van der Waals surface area contributed by atoms with Gasteiger partial charge in [-0.1, -0.05) is 12.1 Å². The molecule has 6 nitrogen and oxygen atoms in total. The molecule has 0 saturated carbocycles. The third-order valence-corrected chi connectivity index (χ3v) is 3.66. The minimum Gasteiger partial charge on any atom is -0.494 e. The lowest BCUT2D eigenvalue weighted by Crippen LogP contribution is -2.13. The van der Waals surface area contributed by atoms with Crippen LogP contribution in [0.3, 0.4) is 0 Å². The zero-order valence-electron chi connectivity index (χ0n) is 14.1. The number of amidine groups is 2. The van der Waals surface area contributed by atoms with Crippen LogP contribution in [0.25, 0.3) is 0 Å². The van der Waals surface area contributed by atoms with Crippen molar-refractivity contribution in [1.82, 2.24) is 0 Å². The van der Waals surface area contributed by atoms with Crippen LogP contribution >= 0.6 is 0 Å². The zero-order chi connectivity index (χ0) is 18.1. The molecular weight excluding hydrogens is 316 g/mol. The molecule has 0 aromatic heterocycles. The van der Waals surface area contributed by atoms with Crippen molar-refractivity contribution in [3.05, 3.63) is 59.7 Å². The van der Waals surface area contributed by atoms with Crippen LogP contribution in [0.1, 0.15) is 30.4 Å². The molecule has 0 bridgehead atoms. The van der Waals surface area contributed by atoms with Gasteiger partial charge in [-0.25, -0.2) is 0 Å². The van der Waals surface area contributed by atoms with Crippen molar-refractivity contribution in [1.29, 1.82) is 10.8 Å². The second-order valence-electron chi connectivity index (χ2n) is 5.61. The Bertz CT molecular complexity index is 714. The number of ether oxygens (including phenoxy) is 2. The average Bonchev–Trinajstić information content (AvgIpc) is 2.61. The van der Waals surface area contributed by atoms with Gasteiger partial charge >= 0.3 is 0 Å². The van der Waals surface area contributed by atoms with Crippen molar-refractivity contribution in [2.45, 2.75) is 19.3 Å². The first kappa shape index (κ1) is 18.3. The molecule has 6 heteroatoms. The van der Waals surface area contributed by atoms with E-state index in [2.05, 4.69) is 0 Å². The lowest BCUT2D eigenvalue weighted by Gasteiger charge is -2.10. The molecule has 0 atom stereocenters. The second-order valence-corrected chi connectivity index (χ2v) is 5.61. The molecular formula is C19H24N4O2. The van der Waals surface area contributed by atoms with E-state index in [4.69, 9.17) is 31.8 Å². The number of hydrogen-bond acceptors (Lipinski definition) is 4. The van der Waals surface area contributed by atoms with Gasteiger partial charge in [0.15, 0.2) is 0 Å². The highest BCUT2D eigenvalue weighted by Crippen LogP contribution is 2.17. The fraction of sp³-hybridized carbons (Fsp3) is 0.263. The summed E-state index contributed by atoms with van der Waals surface area (Å²) in [6.07, 6.45) is 2.80. The molecule has 0 spiro atoms. The Morgan fingerprint density at radius 1 is 0.760 bits per heavy atom. The van der Waals surface area contributed by atoms with Crippen molar-refractivity contribution in [3.63, 3.8) is 0 Å². The van der Waals surface area contributed by atoms with E-state index in [9.17, 15) is 0 Å². The molecule has 0 unspecified atom stereocenters. The first-order valence-electron chi connectivity index (χ1n) is 8.21. The molecule has 0 amide bonds. The molecule has 2 aromatic carbocycles. The van der Waals surface area contributed by atoms with Crippen molar-refractivity contribution < 1.29 is 9.47 Å². The number of benzene rings is 2. The van der Waals surface area contributed by atoms with E-state index in [0.717, 1.165) is 25.0 Å². The SMILES string of the molecule is N=C(N)c1ccc(OCCCCCOc2ccccc2C(=N)N)cc1. The van der Waals surface area contributed by atoms with Crippen molar-refractivity contribution in [3.8, 4) is 11.5 Å². The number of rotatable bonds is 10. The smallest absolute Gasteiger partial charge is 0.130 e. The molecule has 132 valence electrons. The summed E-state index contributed by atoms with van der Waals surface area (Å²) in [6.45, 7) is 1.21. The molecule has 0 aliphatic carbocycles. The number of para-hydroxylation sites is 1. The monoisotopic (exact) mass is 340 g/mol. The minimum absolute atomic E-state index is 0.0137. The second kappa shape index (κ2) is 9.32. The predicted molar refractivity (Wildman–Crippen MR) is 99.8 cm³/mol. The lowest BCUT2D eigenvalue weighted by molar-refractivity contribution is 0.279. The predicted octanol–water partition coefficient (Wildman–Crippen LogP) is 2.88. The van der Waals surface area contributed by atoms with Crippen LogP contribution in [0.2, 0.25) is 0 Å². The van der Waals surface area contributed by atoms with Gasteiger partial charge in [0.1, 0.15) is 23.2 Å². The third kappa shape index (κ3) is 5.84. The Hall–Kier alpha value is -3.02. The van der Waals surface area contributed by atoms with Crippen LogP contribution in [0, 0.1) is 10.8 Å².